The van der Waals surface area contributed by atoms with Crippen molar-refractivity contribution < 1.29 is 14.7 Å². The summed E-state index contributed by atoms with van der Waals surface area (Å²) in [6.45, 7) is 0. The summed E-state index contributed by atoms with van der Waals surface area (Å²) in [4.78, 5) is 22.8. The van der Waals surface area contributed by atoms with E-state index < -0.39 is 5.91 Å². The highest BCUT2D eigenvalue weighted by molar-refractivity contribution is 7.15. The highest BCUT2D eigenvalue weighted by Crippen LogP contribution is 2.15. The Morgan fingerprint density at radius 1 is 1.35 bits per heavy atom. The van der Waals surface area contributed by atoms with Crippen LogP contribution in [-0.4, -0.2) is 39.2 Å². The lowest BCUT2D eigenvalue weighted by molar-refractivity contribution is -0.120. The number of anilines is 1. The molecule has 0 aliphatic heterocycles. The molecule has 8 nitrogen and oxygen atoms in total. The van der Waals surface area contributed by atoms with Crippen LogP contribution < -0.4 is 10.7 Å². The largest absolute Gasteiger partial charge is 0.508 e. The first-order chi connectivity index (χ1) is 11.1. The Hall–Kier alpha value is -2.52. The molecule has 1 aromatic carbocycles. The minimum Gasteiger partial charge on any atom is -0.508 e. The minimum absolute atomic E-state index is 0.0220. The van der Waals surface area contributed by atoms with Crippen LogP contribution in [0.2, 0.25) is 0 Å². The van der Waals surface area contributed by atoms with Gasteiger partial charge in [0.1, 0.15) is 16.6 Å². The minimum atomic E-state index is -0.394. The highest BCUT2D eigenvalue weighted by Gasteiger charge is 2.10. The molecule has 0 unspecified atom stereocenters. The molecule has 0 spiro atoms. The molecule has 0 aliphatic rings. The fourth-order valence-corrected chi connectivity index (χ4v) is 2.31. The van der Waals surface area contributed by atoms with E-state index in [2.05, 4.69) is 26.0 Å². The van der Waals surface area contributed by atoms with Gasteiger partial charge in [-0.05, 0) is 17.7 Å². The van der Waals surface area contributed by atoms with Crippen molar-refractivity contribution in [2.24, 2.45) is 5.10 Å². The number of phenolic OH excluding ortho intramolecular Hbond substituents is 1. The van der Waals surface area contributed by atoms with E-state index in [1.165, 1.54) is 18.3 Å². The van der Waals surface area contributed by atoms with Crippen LogP contribution in [0.5, 0.6) is 5.75 Å². The van der Waals surface area contributed by atoms with Gasteiger partial charge in [0.05, 0.1) is 12.6 Å². The molecular weight excluding hydrogens is 342 g/mol. The molecule has 2 aromatic rings. The van der Waals surface area contributed by atoms with Crippen molar-refractivity contribution in [1.29, 1.82) is 0 Å². The molecule has 0 aliphatic carbocycles. The number of rotatable bonds is 6. The van der Waals surface area contributed by atoms with Gasteiger partial charge in [0.25, 0.3) is 0 Å². The summed E-state index contributed by atoms with van der Waals surface area (Å²) in [6.07, 6.45) is 1.38. The van der Waals surface area contributed by atoms with E-state index in [0.29, 0.717) is 10.6 Å². The molecule has 10 heteroatoms. The van der Waals surface area contributed by atoms with E-state index in [4.69, 9.17) is 11.6 Å². The van der Waals surface area contributed by atoms with Crippen LogP contribution >= 0.6 is 22.9 Å². The number of amides is 2. The molecule has 0 bridgehead atoms. The van der Waals surface area contributed by atoms with Crippen LogP contribution in [0.3, 0.4) is 0 Å². The van der Waals surface area contributed by atoms with Crippen LogP contribution in [0.15, 0.2) is 29.4 Å². The molecule has 0 atom stereocenters. The Bertz CT molecular complexity index is 734. The topological polar surface area (TPSA) is 117 Å². The number of carbonyl (C=O) groups is 2. The summed E-state index contributed by atoms with van der Waals surface area (Å²) in [7, 11) is 0. The number of benzene rings is 1. The zero-order valence-electron chi connectivity index (χ0n) is 11.7. The summed E-state index contributed by atoms with van der Waals surface area (Å²) in [5.41, 5.74) is 2.99. The number of hydrogen-bond acceptors (Lipinski definition) is 7. The third kappa shape index (κ3) is 5.64. The summed E-state index contributed by atoms with van der Waals surface area (Å²) in [5.74, 6) is -0.845. The number of hydrazone groups is 1. The molecule has 0 saturated carbocycles. The number of hydrogen-bond donors (Lipinski definition) is 3. The van der Waals surface area contributed by atoms with Gasteiger partial charge in [-0.25, -0.2) is 5.43 Å². The molecule has 1 heterocycles. The third-order valence-corrected chi connectivity index (χ3v) is 3.50. The van der Waals surface area contributed by atoms with Crippen molar-refractivity contribution in [1.82, 2.24) is 15.6 Å². The van der Waals surface area contributed by atoms with E-state index in [-0.39, 0.29) is 29.1 Å². The van der Waals surface area contributed by atoms with Gasteiger partial charge in [-0.3, -0.25) is 14.9 Å². The number of aromatic hydroxyl groups is 1. The Morgan fingerprint density at radius 2 is 2.17 bits per heavy atom. The molecule has 0 saturated heterocycles. The second kappa shape index (κ2) is 8.20. The zero-order chi connectivity index (χ0) is 16.7. The Balaban J connectivity index is 1.84. The van der Waals surface area contributed by atoms with Crippen molar-refractivity contribution >= 4 is 46.1 Å². The standard InChI is InChI=1S/C13H12ClN5O3S/c14-6-11(22)16-13-19-18-12(23-13)5-10(21)17-15-7-8-2-1-3-9(20)4-8/h1-4,7,20H,5-6H2,(H,17,21)(H,16,19,22)/b15-7-. The van der Waals surface area contributed by atoms with Gasteiger partial charge in [-0.1, -0.05) is 23.5 Å². The van der Waals surface area contributed by atoms with Crippen molar-refractivity contribution in [3.05, 3.63) is 34.8 Å². The van der Waals surface area contributed by atoms with Gasteiger partial charge in [0, 0.05) is 0 Å². The lowest BCUT2D eigenvalue weighted by atomic mass is 10.2. The second-order valence-corrected chi connectivity index (χ2v) is 5.58. The monoisotopic (exact) mass is 353 g/mol. The Labute approximate surface area is 140 Å². The van der Waals surface area contributed by atoms with Crippen LogP contribution in [0, 0.1) is 0 Å². The van der Waals surface area contributed by atoms with Gasteiger partial charge in [0.15, 0.2) is 0 Å². The maximum Gasteiger partial charge on any atom is 0.247 e. The second-order valence-electron chi connectivity index (χ2n) is 4.25. The predicted octanol–water partition coefficient (Wildman–Crippen LogP) is 1.11. The van der Waals surface area contributed by atoms with Crippen LogP contribution in [0.25, 0.3) is 0 Å². The fourth-order valence-electron chi connectivity index (χ4n) is 1.49. The molecule has 120 valence electrons. The molecule has 0 fully saturated rings. The van der Waals surface area contributed by atoms with Crippen molar-refractivity contribution in [2.75, 3.05) is 11.2 Å². The Kier molecular flexibility index (Phi) is 6.01. The number of phenols is 1. The fraction of sp³-hybridized carbons (Fsp3) is 0.154. The average Bonchev–Trinajstić information content (AvgIpc) is 2.94. The highest BCUT2D eigenvalue weighted by atomic mass is 35.5. The summed E-state index contributed by atoms with van der Waals surface area (Å²) in [5, 5.41) is 23.7. The zero-order valence-corrected chi connectivity index (χ0v) is 13.3. The van der Waals surface area contributed by atoms with E-state index >= 15 is 0 Å². The van der Waals surface area contributed by atoms with Gasteiger partial charge < -0.3 is 5.11 Å². The third-order valence-electron chi connectivity index (χ3n) is 2.42. The first kappa shape index (κ1) is 16.8. The van der Waals surface area contributed by atoms with Gasteiger partial charge in [0.2, 0.25) is 16.9 Å². The Morgan fingerprint density at radius 3 is 2.91 bits per heavy atom. The molecule has 3 N–H and O–H groups in total. The van der Waals surface area contributed by atoms with Gasteiger partial charge in [-0.15, -0.1) is 21.8 Å². The molecule has 0 radical (unpaired) electrons. The molecular formula is C13H12ClN5O3S. The van der Waals surface area contributed by atoms with Crippen LogP contribution in [0.1, 0.15) is 10.6 Å². The molecule has 2 amide bonds. The molecule has 2 rings (SSSR count). The number of halogens is 1. The number of nitrogens with one attached hydrogen (secondary N) is 2. The molecule has 23 heavy (non-hydrogen) atoms. The normalized spacial score (nSPS) is 10.7. The van der Waals surface area contributed by atoms with Gasteiger partial charge >= 0.3 is 0 Å². The van der Waals surface area contributed by atoms with Crippen molar-refractivity contribution in [3.8, 4) is 5.75 Å². The lowest BCUT2D eigenvalue weighted by Crippen LogP contribution is -2.19. The number of carbonyl (C=O) groups excluding carboxylic acids is 2. The number of nitrogens with zero attached hydrogens (tertiary/aromatic N) is 3. The number of alkyl halides is 1. The predicted molar refractivity (Wildman–Crippen MR) is 86.8 cm³/mol. The van der Waals surface area contributed by atoms with Gasteiger partial charge in [-0.2, -0.15) is 5.10 Å². The van der Waals surface area contributed by atoms with Crippen molar-refractivity contribution in [2.45, 2.75) is 6.42 Å². The number of aromatic nitrogens is 2. The van der Waals surface area contributed by atoms with Crippen LogP contribution in [-0.2, 0) is 16.0 Å². The summed E-state index contributed by atoms with van der Waals surface area (Å²) >= 11 is 6.44. The van der Waals surface area contributed by atoms with E-state index in [1.54, 1.807) is 12.1 Å². The van der Waals surface area contributed by atoms with E-state index in [9.17, 15) is 14.7 Å². The maximum atomic E-state index is 11.7. The van der Waals surface area contributed by atoms with E-state index in [1.807, 2.05) is 0 Å². The van der Waals surface area contributed by atoms with Crippen LogP contribution in [0.4, 0.5) is 5.13 Å². The first-order valence-electron chi connectivity index (χ1n) is 6.36. The van der Waals surface area contributed by atoms with Crippen molar-refractivity contribution in [3.63, 3.8) is 0 Å². The SMILES string of the molecule is O=C(Cc1nnc(NC(=O)CCl)s1)N/N=C\c1cccc(O)c1. The average molecular weight is 354 g/mol. The molecule has 1 aromatic heterocycles. The van der Waals surface area contributed by atoms with E-state index in [0.717, 1.165) is 11.3 Å². The smallest absolute Gasteiger partial charge is 0.247 e. The summed E-state index contributed by atoms with van der Waals surface area (Å²) in [6, 6.07) is 6.43. The first-order valence-corrected chi connectivity index (χ1v) is 7.71. The maximum absolute atomic E-state index is 11.7. The lowest BCUT2D eigenvalue weighted by Gasteiger charge is -1.97. The quantitative estimate of drug-likeness (QED) is 0.408. The summed E-state index contributed by atoms with van der Waals surface area (Å²) < 4.78 is 0.